The van der Waals surface area contributed by atoms with Crippen LogP contribution in [0.5, 0.6) is 5.75 Å². The second-order valence-corrected chi connectivity index (χ2v) is 4.98. The summed E-state index contributed by atoms with van der Waals surface area (Å²) in [5.41, 5.74) is -0.637. The summed E-state index contributed by atoms with van der Waals surface area (Å²) in [6.07, 6.45) is -4.28. The molecule has 0 spiro atoms. The maximum Gasteiger partial charge on any atom is 0.416 e. The molecule has 1 N–H and O–H groups in total. The highest BCUT2D eigenvalue weighted by molar-refractivity contribution is 5.29. The summed E-state index contributed by atoms with van der Waals surface area (Å²) < 4.78 is 42.6. The van der Waals surface area contributed by atoms with Gasteiger partial charge in [-0.25, -0.2) is 0 Å². The van der Waals surface area contributed by atoms with Gasteiger partial charge >= 0.3 is 6.18 Å². The number of hydrogen-bond donors (Lipinski definition) is 1. The Morgan fingerprint density at radius 2 is 1.72 bits per heavy atom. The average Bonchev–Trinajstić information content (AvgIpc) is 2.77. The summed E-state index contributed by atoms with van der Waals surface area (Å²) in [6.45, 7) is 2.71. The molecule has 18 heavy (non-hydrogen) atoms. The normalized spacial score (nSPS) is 30.1. The first kappa shape index (κ1) is 11.8. The van der Waals surface area contributed by atoms with E-state index in [4.69, 9.17) is 4.74 Å². The van der Waals surface area contributed by atoms with Crippen LogP contribution < -0.4 is 10.1 Å². The highest BCUT2D eigenvalue weighted by Gasteiger charge is 2.52. The fourth-order valence-corrected chi connectivity index (χ4v) is 2.73. The summed E-state index contributed by atoms with van der Waals surface area (Å²) >= 11 is 0. The molecule has 3 rings (SSSR count). The predicted molar refractivity (Wildman–Crippen MR) is 60.3 cm³/mol. The van der Waals surface area contributed by atoms with Crippen LogP contribution in [0.25, 0.3) is 0 Å². The van der Waals surface area contributed by atoms with Gasteiger partial charge in [-0.05, 0) is 49.2 Å². The summed E-state index contributed by atoms with van der Waals surface area (Å²) in [7, 11) is 0. The van der Waals surface area contributed by atoms with Crippen LogP contribution in [0.15, 0.2) is 24.3 Å². The SMILES string of the molecule is FC(F)(F)c1ccc(OCC2C3CNCC32)cc1. The topological polar surface area (TPSA) is 21.3 Å². The van der Waals surface area contributed by atoms with E-state index in [0.717, 1.165) is 25.2 Å². The number of ether oxygens (including phenoxy) is 1. The van der Waals surface area contributed by atoms with Crippen molar-refractivity contribution < 1.29 is 17.9 Å². The Morgan fingerprint density at radius 1 is 1.11 bits per heavy atom. The van der Waals surface area contributed by atoms with E-state index in [1.165, 1.54) is 12.1 Å². The first-order chi connectivity index (χ1) is 8.55. The Hall–Kier alpha value is -1.23. The molecule has 1 aromatic carbocycles. The van der Waals surface area contributed by atoms with Gasteiger partial charge in [-0.3, -0.25) is 0 Å². The largest absolute Gasteiger partial charge is 0.493 e. The Labute approximate surface area is 103 Å². The fraction of sp³-hybridized carbons (Fsp3) is 0.538. The number of piperidine rings is 1. The van der Waals surface area contributed by atoms with E-state index in [9.17, 15) is 13.2 Å². The first-order valence-electron chi connectivity index (χ1n) is 6.06. The van der Waals surface area contributed by atoms with Crippen molar-refractivity contribution in [3.8, 4) is 5.75 Å². The quantitative estimate of drug-likeness (QED) is 0.898. The lowest BCUT2D eigenvalue weighted by molar-refractivity contribution is -0.137. The summed E-state index contributed by atoms with van der Waals surface area (Å²) in [5.74, 6) is 2.51. The van der Waals surface area contributed by atoms with Crippen LogP contribution in [0.1, 0.15) is 5.56 Å². The lowest BCUT2D eigenvalue weighted by Crippen LogP contribution is -2.17. The summed E-state index contributed by atoms with van der Waals surface area (Å²) in [6, 6.07) is 4.90. The maximum absolute atomic E-state index is 12.4. The minimum Gasteiger partial charge on any atom is -0.493 e. The van der Waals surface area contributed by atoms with E-state index in [-0.39, 0.29) is 0 Å². The molecule has 5 heteroatoms. The van der Waals surface area contributed by atoms with Gasteiger partial charge in [0.25, 0.3) is 0 Å². The minimum atomic E-state index is -4.28. The second kappa shape index (κ2) is 4.16. The van der Waals surface area contributed by atoms with Gasteiger partial charge in [0, 0.05) is 5.92 Å². The number of hydrogen-bond acceptors (Lipinski definition) is 2. The van der Waals surface area contributed by atoms with Gasteiger partial charge in [-0.2, -0.15) is 13.2 Å². The molecular formula is C13H14F3NO. The lowest BCUT2D eigenvalue weighted by Gasteiger charge is -2.10. The molecule has 1 aromatic rings. The molecule has 0 aromatic heterocycles. The fourth-order valence-electron chi connectivity index (χ4n) is 2.73. The van der Waals surface area contributed by atoms with E-state index in [1.54, 1.807) is 0 Å². The lowest BCUT2D eigenvalue weighted by atomic mass is 10.2. The van der Waals surface area contributed by atoms with Crippen molar-refractivity contribution in [2.75, 3.05) is 19.7 Å². The van der Waals surface area contributed by atoms with Gasteiger partial charge in [0.05, 0.1) is 12.2 Å². The van der Waals surface area contributed by atoms with Crippen molar-refractivity contribution in [1.82, 2.24) is 5.32 Å². The number of alkyl halides is 3. The van der Waals surface area contributed by atoms with Crippen LogP contribution in [-0.4, -0.2) is 19.7 Å². The first-order valence-corrected chi connectivity index (χ1v) is 6.06. The molecule has 1 heterocycles. The highest BCUT2D eigenvalue weighted by Crippen LogP contribution is 2.48. The molecule has 0 radical (unpaired) electrons. The molecular weight excluding hydrogens is 243 g/mol. The maximum atomic E-state index is 12.4. The number of nitrogens with one attached hydrogen (secondary N) is 1. The Kier molecular flexibility index (Phi) is 2.73. The third-order valence-electron chi connectivity index (χ3n) is 3.89. The smallest absolute Gasteiger partial charge is 0.416 e. The number of rotatable bonds is 3. The van der Waals surface area contributed by atoms with Gasteiger partial charge in [-0.15, -0.1) is 0 Å². The summed E-state index contributed by atoms with van der Waals surface area (Å²) in [5, 5.41) is 3.29. The highest BCUT2D eigenvalue weighted by atomic mass is 19.4. The Balaban J connectivity index is 1.54. The van der Waals surface area contributed by atoms with E-state index < -0.39 is 11.7 Å². The van der Waals surface area contributed by atoms with Crippen molar-refractivity contribution in [2.45, 2.75) is 6.18 Å². The van der Waals surface area contributed by atoms with Crippen LogP contribution in [0.4, 0.5) is 13.2 Å². The van der Waals surface area contributed by atoms with Crippen LogP contribution in [0.2, 0.25) is 0 Å². The Morgan fingerprint density at radius 3 is 2.28 bits per heavy atom. The molecule has 98 valence electrons. The van der Waals surface area contributed by atoms with E-state index in [2.05, 4.69) is 5.32 Å². The molecule has 2 unspecified atom stereocenters. The van der Waals surface area contributed by atoms with E-state index in [1.807, 2.05) is 0 Å². The zero-order valence-corrected chi connectivity index (χ0v) is 9.70. The van der Waals surface area contributed by atoms with Crippen LogP contribution in [0, 0.1) is 17.8 Å². The van der Waals surface area contributed by atoms with E-state index in [0.29, 0.717) is 30.1 Å². The molecule has 2 aliphatic rings. The molecule has 0 bridgehead atoms. The van der Waals surface area contributed by atoms with E-state index >= 15 is 0 Å². The van der Waals surface area contributed by atoms with Crippen LogP contribution >= 0.6 is 0 Å². The van der Waals surface area contributed by atoms with Crippen LogP contribution in [-0.2, 0) is 6.18 Å². The number of fused-ring (bicyclic) bond motifs is 1. The monoisotopic (exact) mass is 257 g/mol. The average molecular weight is 257 g/mol. The molecule has 2 nitrogen and oxygen atoms in total. The van der Waals surface area contributed by atoms with Crippen molar-refractivity contribution in [3.05, 3.63) is 29.8 Å². The molecule has 1 saturated heterocycles. The summed E-state index contributed by atoms with van der Waals surface area (Å²) in [4.78, 5) is 0. The molecule has 0 amide bonds. The molecule has 1 aliphatic carbocycles. The van der Waals surface area contributed by atoms with Crippen molar-refractivity contribution in [1.29, 1.82) is 0 Å². The zero-order chi connectivity index (χ0) is 12.8. The molecule has 1 aliphatic heterocycles. The molecule has 2 fully saturated rings. The third kappa shape index (κ3) is 2.19. The number of benzene rings is 1. The van der Waals surface area contributed by atoms with Gasteiger partial charge in [0.15, 0.2) is 0 Å². The van der Waals surface area contributed by atoms with Crippen molar-refractivity contribution >= 4 is 0 Å². The second-order valence-electron chi connectivity index (χ2n) is 4.98. The molecule has 2 atom stereocenters. The van der Waals surface area contributed by atoms with Crippen molar-refractivity contribution in [3.63, 3.8) is 0 Å². The Bertz CT molecular complexity index is 419. The molecule has 1 saturated carbocycles. The third-order valence-corrected chi connectivity index (χ3v) is 3.89. The van der Waals surface area contributed by atoms with Gasteiger partial charge in [0.1, 0.15) is 5.75 Å². The number of halogens is 3. The van der Waals surface area contributed by atoms with Crippen molar-refractivity contribution in [2.24, 2.45) is 17.8 Å². The zero-order valence-electron chi connectivity index (χ0n) is 9.70. The van der Waals surface area contributed by atoms with Crippen LogP contribution in [0.3, 0.4) is 0 Å². The predicted octanol–water partition coefficient (Wildman–Crippen LogP) is 2.55. The minimum absolute atomic E-state index is 0.515. The standard InChI is InChI=1S/C13H14F3NO/c14-13(15,16)8-1-3-9(4-2-8)18-7-12-10-5-17-6-11(10)12/h1-4,10-12,17H,5-7H2. The van der Waals surface area contributed by atoms with Gasteiger partial charge in [0.2, 0.25) is 0 Å². The van der Waals surface area contributed by atoms with Gasteiger partial charge in [-0.1, -0.05) is 0 Å². The van der Waals surface area contributed by atoms with Gasteiger partial charge < -0.3 is 10.1 Å².